The lowest BCUT2D eigenvalue weighted by molar-refractivity contribution is -0.114. The van der Waals surface area contributed by atoms with Crippen molar-refractivity contribution in [2.24, 2.45) is 7.05 Å². The zero-order valence-electron chi connectivity index (χ0n) is 9.15. The van der Waals surface area contributed by atoms with Crippen molar-refractivity contribution in [2.45, 2.75) is 6.92 Å². The molecule has 0 unspecified atom stereocenters. The number of aromatic nitrogens is 1. The van der Waals surface area contributed by atoms with Gasteiger partial charge in [-0.15, -0.1) is 0 Å². The van der Waals surface area contributed by atoms with Crippen molar-refractivity contribution < 1.29 is 4.79 Å². The number of rotatable bonds is 1. The van der Waals surface area contributed by atoms with E-state index in [2.05, 4.69) is 5.32 Å². The standard InChI is InChI=1S/C12H12N2O2/c1-8(15)13-11-5-3-4-10-9(11)6-7-14(2)12(10)16/h3-7H,1-2H3,(H,13,15). The number of aryl methyl sites for hydroxylation is 1. The van der Waals surface area contributed by atoms with Gasteiger partial charge < -0.3 is 9.88 Å². The van der Waals surface area contributed by atoms with Crippen molar-refractivity contribution in [1.82, 2.24) is 4.57 Å². The first-order valence-electron chi connectivity index (χ1n) is 4.95. The maximum atomic E-state index is 11.8. The molecule has 0 aliphatic carbocycles. The highest BCUT2D eigenvalue weighted by Gasteiger charge is 2.05. The highest BCUT2D eigenvalue weighted by Crippen LogP contribution is 2.20. The van der Waals surface area contributed by atoms with Crippen LogP contribution in [0.15, 0.2) is 35.3 Å². The zero-order chi connectivity index (χ0) is 11.7. The van der Waals surface area contributed by atoms with Crippen molar-refractivity contribution >= 4 is 22.4 Å². The van der Waals surface area contributed by atoms with Gasteiger partial charge in [0.2, 0.25) is 5.91 Å². The number of benzene rings is 1. The van der Waals surface area contributed by atoms with E-state index in [0.29, 0.717) is 11.1 Å². The summed E-state index contributed by atoms with van der Waals surface area (Å²) in [7, 11) is 1.70. The van der Waals surface area contributed by atoms with Crippen LogP contribution in [0.4, 0.5) is 5.69 Å². The monoisotopic (exact) mass is 216 g/mol. The number of pyridine rings is 1. The minimum atomic E-state index is -0.145. The molecule has 0 aliphatic heterocycles. The van der Waals surface area contributed by atoms with E-state index in [1.54, 1.807) is 31.4 Å². The Morgan fingerprint density at radius 1 is 1.25 bits per heavy atom. The van der Waals surface area contributed by atoms with Gasteiger partial charge in [0.1, 0.15) is 0 Å². The molecule has 0 bridgehead atoms. The molecule has 0 radical (unpaired) electrons. The fourth-order valence-corrected chi connectivity index (χ4v) is 1.67. The van der Waals surface area contributed by atoms with Gasteiger partial charge in [-0.1, -0.05) is 6.07 Å². The number of hydrogen-bond acceptors (Lipinski definition) is 2. The molecule has 0 atom stereocenters. The molecule has 0 fully saturated rings. The number of carbonyl (C=O) groups excluding carboxylic acids is 1. The summed E-state index contributed by atoms with van der Waals surface area (Å²) < 4.78 is 1.51. The number of anilines is 1. The normalized spacial score (nSPS) is 10.4. The van der Waals surface area contributed by atoms with Crippen LogP contribution in [-0.2, 0) is 11.8 Å². The quantitative estimate of drug-likeness (QED) is 0.785. The Kier molecular flexibility index (Phi) is 2.48. The summed E-state index contributed by atoms with van der Waals surface area (Å²) in [5.41, 5.74) is 0.604. The van der Waals surface area contributed by atoms with Gasteiger partial charge in [-0.2, -0.15) is 0 Å². The summed E-state index contributed by atoms with van der Waals surface area (Å²) >= 11 is 0. The highest BCUT2D eigenvalue weighted by atomic mass is 16.1. The van der Waals surface area contributed by atoms with Crippen LogP contribution >= 0.6 is 0 Å². The third-order valence-corrected chi connectivity index (χ3v) is 2.43. The first-order valence-corrected chi connectivity index (χ1v) is 4.95. The van der Waals surface area contributed by atoms with Gasteiger partial charge >= 0.3 is 0 Å². The molecule has 0 spiro atoms. The summed E-state index contributed by atoms with van der Waals surface area (Å²) in [6.07, 6.45) is 1.69. The summed E-state index contributed by atoms with van der Waals surface area (Å²) in [6.45, 7) is 1.44. The molecule has 1 aromatic heterocycles. The number of nitrogens with zero attached hydrogens (tertiary/aromatic N) is 1. The van der Waals surface area contributed by atoms with Crippen molar-refractivity contribution in [3.63, 3.8) is 0 Å². The number of nitrogens with one attached hydrogen (secondary N) is 1. The molecule has 1 N–H and O–H groups in total. The number of carbonyl (C=O) groups is 1. The second-order valence-electron chi connectivity index (χ2n) is 3.68. The van der Waals surface area contributed by atoms with Gasteiger partial charge in [0.15, 0.2) is 0 Å². The summed E-state index contributed by atoms with van der Waals surface area (Å²) in [5, 5.41) is 4.08. The van der Waals surface area contributed by atoms with Crippen LogP contribution in [0, 0.1) is 0 Å². The molecule has 2 aromatic rings. The third-order valence-electron chi connectivity index (χ3n) is 2.43. The lowest BCUT2D eigenvalue weighted by Crippen LogP contribution is -2.16. The molecule has 16 heavy (non-hydrogen) atoms. The Morgan fingerprint density at radius 3 is 2.69 bits per heavy atom. The van der Waals surface area contributed by atoms with Gasteiger partial charge in [-0.05, 0) is 18.2 Å². The Labute approximate surface area is 92.5 Å². The molecule has 1 aromatic carbocycles. The molecule has 4 nitrogen and oxygen atoms in total. The minimum absolute atomic E-state index is 0.0651. The van der Waals surface area contributed by atoms with Crippen molar-refractivity contribution in [3.8, 4) is 0 Å². The Morgan fingerprint density at radius 2 is 2.00 bits per heavy atom. The van der Waals surface area contributed by atoms with Crippen molar-refractivity contribution in [2.75, 3.05) is 5.32 Å². The maximum absolute atomic E-state index is 11.8. The van der Waals surface area contributed by atoms with Gasteiger partial charge in [-0.25, -0.2) is 0 Å². The van der Waals surface area contributed by atoms with E-state index >= 15 is 0 Å². The first-order chi connectivity index (χ1) is 7.59. The SMILES string of the molecule is CC(=O)Nc1cccc2c(=O)n(C)ccc12. The van der Waals surface area contributed by atoms with Crippen LogP contribution in [0.5, 0.6) is 0 Å². The second kappa shape index (κ2) is 3.81. The van der Waals surface area contributed by atoms with Crippen molar-refractivity contribution in [1.29, 1.82) is 0 Å². The lowest BCUT2D eigenvalue weighted by atomic mass is 10.1. The topological polar surface area (TPSA) is 51.1 Å². The molecule has 1 heterocycles. The van der Waals surface area contributed by atoms with Crippen LogP contribution in [0.1, 0.15) is 6.92 Å². The highest BCUT2D eigenvalue weighted by molar-refractivity contribution is 6.00. The molecule has 82 valence electrons. The fourth-order valence-electron chi connectivity index (χ4n) is 1.67. The summed E-state index contributed by atoms with van der Waals surface area (Å²) in [4.78, 5) is 22.8. The van der Waals surface area contributed by atoms with Gasteiger partial charge in [-0.3, -0.25) is 9.59 Å². The molecule has 0 aliphatic rings. The van der Waals surface area contributed by atoms with Gasteiger partial charge in [0.25, 0.3) is 5.56 Å². The summed E-state index contributed by atoms with van der Waals surface area (Å²) in [5.74, 6) is -0.145. The van der Waals surface area contributed by atoms with Crippen LogP contribution in [0.3, 0.4) is 0 Å². The maximum Gasteiger partial charge on any atom is 0.258 e. The second-order valence-corrected chi connectivity index (χ2v) is 3.68. The Balaban J connectivity index is 2.74. The average Bonchev–Trinajstić information content (AvgIpc) is 2.23. The number of amides is 1. The molecule has 0 saturated heterocycles. The predicted molar refractivity (Wildman–Crippen MR) is 63.5 cm³/mol. The average molecular weight is 216 g/mol. The van der Waals surface area contributed by atoms with E-state index in [0.717, 1.165) is 5.39 Å². The lowest BCUT2D eigenvalue weighted by Gasteiger charge is -2.07. The molecular weight excluding hydrogens is 204 g/mol. The third kappa shape index (κ3) is 1.69. The molecule has 4 heteroatoms. The largest absolute Gasteiger partial charge is 0.326 e. The van der Waals surface area contributed by atoms with Crippen LogP contribution < -0.4 is 10.9 Å². The summed E-state index contributed by atoms with van der Waals surface area (Å²) in [6, 6.07) is 7.11. The first kappa shape index (κ1) is 10.4. The zero-order valence-corrected chi connectivity index (χ0v) is 9.15. The molecule has 2 rings (SSSR count). The molecule has 0 saturated carbocycles. The van der Waals surface area contributed by atoms with E-state index in [1.807, 2.05) is 6.07 Å². The Hall–Kier alpha value is -2.10. The fraction of sp³-hybridized carbons (Fsp3) is 0.167. The Bertz CT molecular complexity index is 614. The van der Waals surface area contributed by atoms with E-state index in [4.69, 9.17) is 0 Å². The molecular formula is C12H12N2O2. The van der Waals surface area contributed by atoms with E-state index in [-0.39, 0.29) is 11.5 Å². The van der Waals surface area contributed by atoms with Gasteiger partial charge in [0, 0.05) is 36.6 Å². The van der Waals surface area contributed by atoms with E-state index < -0.39 is 0 Å². The number of fused-ring (bicyclic) bond motifs is 1. The van der Waals surface area contributed by atoms with E-state index in [1.165, 1.54) is 11.5 Å². The number of hydrogen-bond donors (Lipinski definition) is 1. The van der Waals surface area contributed by atoms with Crippen LogP contribution in [-0.4, -0.2) is 10.5 Å². The molecule has 1 amide bonds. The van der Waals surface area contributed by atoms with E-state index in [9.17, 15) is 9.59 Å². The van der Waals surface area contributed by atoms with Crippen LogP contribution in [0.25, 0.3) is 10.8 Å². The van der Waals surface area contributed by atoms with Gasteiger partial charge in [0.05, 0.1) is 0 Å². The predicted octanol–water partition coefficient (Wildman–Crippen LogP) is 1.50. The van der Waals surface area contributed by atoms with Crippen LogP contribution in [0.2, 0.25) is 0 Å². The van der Waals surface area contributed by atoms with Crippen molar-refractivity contribution in [3.05, 3.63) is 40.8 Å². The smallest absolute Gasteiger partial charge is 0.258 e. The minimum Gasteiger partial charge on any atom is -0.326 e.